The summed E-state index contributed by atoms with van der Waals surface area (Å²) in [5.41, 5.74) is 0.294. The minimum absolute atomic E-state index is 0.0672. The topological polar surface area (TPSA) is 51.5 Å². The summed E-state index contributed by atoms with van der Waals surface area (Å²) in [5.74, 6) is -59.5. The summed E-state index contributed by atoms with van der Waals surface area (Å²) in [6.07, 6.45) is -12.9. The SMILES string of the molecule is N#Cc1ccc(OC[C@@H]2CC[C@H]3[C@@H](CC(F)(F)C(F)(F)C(F)(F)C(F)(F)C(F)(F)C(F)(F)C(F)(F)C(F)(F)F)CO[C@H]3O2)cc1. The summed E-state index contributed by atoms with van der Waals surface area (Å²) in [6, 6.07) is 7.47. The fourth-order valence-electron chi connectivity index (χ4n) is 4.64. The van der Waals surface area contributed by atoms with Gasteiger partial charge < -0.3 is 14.2 Å². The molecule has 4 nitrogen and oxygen atoms in total. The molecule has 3 rings (SSSR count). The van der Waals surface area contributed by atoms with Gasteiger partial charge >= 0.3 is 47.6 Å². The van der Waals surface area contributed by atoms with E-state index in [0.29, 0.717) is 5.56 Å². The van der Waals surface area contributed by atoms with Crippen LogP contribution >= 0.6 is 0 Å². The van der Waals surface area contributed by atoms with Crippen molar-refractivity contribution in [2.24, 2.45) is 11.8 Å². The first-order valence-electron chi connectivity index (χ1n) is 12.3. The Kier molecular flexibility index (Phi) is 9.37. The molecular formula is C24H18F17NO3. The molecule has 0 spiro atoms. The highest BCUT2D eigenvalue weighted by molar-refractivity contribution is 5.34. The van der Waals surface area contributed by atoms with Gasteiger partial charge in [-0.25, -0.2) is 0 Å². The maximum Gasteiger partial charge on any atom is 0.460 e. The van der Waals surface area contributed by atoms with Crippen molar-refractivity contribution in [3.8, 4) is 11.8 Å². The molecular weight excluding hydrogens is 673 g/mol. The second-order valence-corrected chi connectivity index (χ2v) is 10.3. The third-order valence-electron chi connectivity index (χ3n) is 7.30. The van der Waals surface area contributed by atoms with Crippen LogP contribution in [0.4, 0.5) is 74.6 Å². The number of fused-ring (bicyclic) bond motifs is 1. The third kappa shape index (κ3) is 5.84. The van der Waals surface area contributed by atoms with Gasteiger partial charge in [-0.15, -0.1) is 0 Å². The van der Waals surface area contributed by atoms with Gasteiger partial charge in [0.1, 0.15) is 12.4 Å². The van der Waals surface area contributed by atoms with Crippen molar-refractivity contribution in [2.75, 3.05) is 13.2 Å². The average Bonchev–Trinajstić information content (AvgIpc) is 3.32. The van der Waals surface area contributed by atoms with E-state index in [2.05, 4.69) is 0 Å². The molecule has 0 radical (unpaired) electrons. The van der Waals surface area contributed by atoms with Gasteiger partial charge in [0.05, 0.1) is 24.3 Å². The lowest BCUT2D eigenvalue weighted by Gasteiger charge is -2.43. The Morgan fingerprint density at radius 2 is 1.18 bits per heavy atom. The zero-order chi connectivity index (χ0) is 34.7. The standard InChI is InChI=1S/C24H18F17NO3/c25-17(26,18(27,28)19(29,30)20(31,32)21(33,34)22(35,36)23(37,38)24(39,40)41)7-12-9-44-16-15(12)6-5-14(45-16)10-43-13-3-1-11(8-42)2-4-13/h1-4,12,14-16H,5-7,9-10H2/t12-,14-,15-,16-/m0/s1. The largest absolute Gasteiger partial charge is 0.491 e. The normalized spacial score (nSPS) is 24.3. The summed E-state index contributed by atoms with van der Waals surface area (Å²) in [4.78, 5) is 0. The van der Waals surface area contributed by atoms with Gasteiger partial charge in [0.15, 0.2) is 6.29 Å². The molecule has 2 heterocycles. The van der Waals surface area contributed by atoms with E-state index in [9.17, 15) is 74.6 Å². The second-order valence-electron chi connectivity index (χ2n) is 10.3. The number of nitriles is 1. The minimum Gasteiger partial charge on any atom is -0.491 e. The molecule has 2 aliphatic rings. The van der Waals surface area contributed by atoms with Crippen molar-refractivity contribution in [2.45, 2.75) is 79.3 Å². The van der Waals surface area contributed by atoms with E-state index in [4.69, 9.17) is 19.5 Å². The van der Waals surface area contributed by atoms with Gasteiger partial charge in [-0.05, 0) is 43.0 Å². The van der Waals surface area contributed by atoms with Crippen LogP contribution < -0.4 is 4.74 Å². The fraction of sp³-hybridized carbons (Fsp3) is 0.708. The van der Waals surface area contributed by atoms with Crippen molar-refractivity contribution >= 4 is 0 Å². The smallest absolute Gasteiger partial charge is 0.460 e. The summed E-state index contributed by atoms with van der Waals surface area (Å²) in [7, 11) is 0. The van der Waals surface area contributed by atoms with Crippen LogP contribution in [0.1, 0.15) is 24.8 Å². The molecule has 1 aromatic carbocycles. The number of rotatable bonds is 11. The van der Waals surface area contributed by atoms with Crippen LogP contribution in [0.5, 0.6) is 5.75 Å². The lowest BCUT2D eigenvalue weighted by Crippen LogP contribution is -2.74. The van der Waals surface area contributed by atoms with Crippen molar-refractivity contribution in [3.63, 3.8) is 0 Å². The molecule has 0 saturated carbocycles. The number of alkyl halides is 17. The highest BCUT2D eigenvalue weighted by atomic mass is 19.4. The molecule has 2 saturated heterocycles. The van der Waals surface area contributed by atoms with Crippen molar-refractivity contribution in [1.82, 2.24) is 0 Å². The molecule has 4 atom stereocenters. The summed E-state index contributed by atoms with van der Waals surface area (Å²) in [6.45, 7) is -1.18. The lowest BCUT2D eigenvalue weighted by molar-refractivity contribution is -0.462. The Morgan fingerprint density at radius 3 is 1.67 bits per heavy atom. The maximum atomic E-state index is 14.5. The Bertz CT molecular complexity index is 1240. The number of benzene rings is 1. The molecule has 0 aromatic heterocycles. The molecule has 0 unspecified atom stereocenters. The fourth-order valence-corrected chi connectivity index (χ4v) is 4.64. The lowest BCUT2D eigenvalue weighted by atomic mass is 9.81. The molecule has 1 aromatic rings. The molecule has 0 amide bonds. The minimum atomic E-state index is -8.66. The predicted octanol–water partition coefficient (Wildman–Crippen LogP) is 8.10. The zero-order valence-corrected chi connectivity index (χ0v) is 21.8. The maximum absolute atomic E-state index is 14.5. The molecule has 0 bridgehead atoms. The van der Waals surface area contributed by atoms with Gasteiger partial charge in [0.2, 0.25) is 0 Å². The van der Waals surface area contributed by atoms with E-state index in [1.54, 1.807) is 0 Å². The van der Waals surface area contributed by atoms with Crippen molar-refractivity contribution in [3.05, 3.63) is 29.8 Å². The Balaban J connectivity index is 1.75. The van der Waals surface area contributed by atoms with Crippen LogP contribution in [0, 0.1) is 23.2 Å². The zero-order valence-electron chi connectivity index (χ0n) is 21.8. The van der Waals surface area contributed by atoms with E-state index >= 15 is 0 Å². The molecule has 45 heavy (non-hydrogen) atoms. The van der Waals surface area contributed by atoms with Crippen LogP contribution in [0.2, 0.25) is 0 Å². The molecule has 256 valence electrons. The summed E-state index contributed by atoms with van der Waals surface area (Å²) in [5, 5.41) is 8.77. The van der Waals surface area contributed by atoms with Gasteiger partial charge in [-0.3, -0.25) is 0 Å². The average molecular weight is 691 g/mol. The monoisotopic (exact) mass is 691 g/mol. The highest BCUT2D eigenvalue weighted by Gasteiger charge is 2.95. The third-order valence-corrected chi connectivity index (χ3v) is 7.30. The molecule has 2 fully saturated rings. The highest BCUT2D eigenvalue weighted by Crippen LogP contribution is 2.64. The second kappa shape index (κ2) is 11.5. The molecule has 0 aliphatic carbocycles. The van der Waals surface area contributed by atoms with E-state index in [1.165, 1.54) is 24.3 Å². The van der Waals surface area contributed by atoms with E-state index < -0.39 is 84.9 Å². The number of hydrogen-bond acceptors (Lipinski definition) is 4. The first-order chi connectivity index (χ1) is 20.2. The van der Waals surface area contributed by atoms with Crippen LogP contribution in [0.25, 0.3) is 0 Å². The van der Waals surface area contributed by atoms with Crippen LogP contribution in [0.15, 0.2) is 24.3 Å². The molecule has 21 heteroatoms. The van der Waals surface area contributed by atoms with Crippen LogP contribution in [-0.2, 0) is 9.47 Å². The van der Waals surface area contributed by atoms with E-state index in [0.717, 1.165) is 0 Å². The van der Waals surface area contributed by atoms with Gasteiger partial charge in [0.25, 0.3) is 0 Å². The summed E-state index contributed by atoms with van der Waals surface area (Å²) < 4.78 is 246. The van der Waals surface area contributed by atoms with Gasteiger partial charge in [-0.1, -0.05) is 0 Å². The number of ether oxygens (including phenoxy) is 3. The van der Waals surface area contributed by atoms with Gasteiger partial charge in [-0.2, -0.15) is 79.9 Å². The Morgan fingerprint density at radius 1 is 0.689 bits per heavy atom. The number of nitrogens with zero attached hydrogens (tertiary/aromatic N) is 1. The number of halogens is 17. The van der Waals surface area contributed by atoms with Crippen LogP contribution in [-0.4, -0.2) is 73.2 Å². The Hall–Kier alpha value is -2.76. The van der Waals surface area contributed by atoms with Crippen molar-refractivity contribution in [1.29, 1.82) is 5.26 Å². The quantitative estimate of drug-likeness (QED) is 0.220. The van der Waals surface area contributed by atoms with E-state index in [-0.39, 0.29) is 25.2 Å². The first kappa shape index (κ1) is 36.7. The van der Waals surface area contributed by atoms with Crippen LogP contribution in [0.3, 0.4) is 0 Å². The summed E-state index contributed by atoms with van der Waals surface area (Å²) >= 11 is 0. The first-order valence-corrected chi connectivity index (χ1v) is 12.3. The van der Waals surface area contributed by atoms with E-state index in [1.807, 2.05) is 6.07 Å². The van der Waals surface area contributed by atoms with Crippen molar-refractivity contribution < 1.29 is 88.8 Å². The molecule has 2 aliphatic heterocycles. The Labute approximate surface area is 241 Å². The molecule has 0 N–H and O–H groups in total. The number of hydrogen-bond donors (Lipinski definition) is 0. The van der Waals surface area contributed by atoms with Gasteiger partial charge in [0, 0.05) is 12.3 Å². The predicted molar refractivity (Wildman–Crippen MR) is 113 cm³/mol.